The largest absolute Gasteiger partial charge is 0.492 e. The number of carbonyl (C=O) groups is 2. The number of para-hydroxylation sites is 2. The van der Waals surface area contributed by atoms with Crippen molar-refractivity contribution in [1.29, 1.82) is 0 Å². The van der Waals surface area contributed by atoms with E-state index in [-0.39, 0.29) is 11.8 Å². The van der Waals surface area contributed by atoms with Crippen molar-refractivity contribution in [3.63, 3.8) is 0 Å². The molecule has 0 spiro atoms. The third-order valence-corrected chi connectivity index (χ3v) is 5.94. The molecule has 2 aliphatic rings. The number of nitrogens with zero attached hydrogens (tertiary/aromatic N) is 3. The van der Waals surface area contributed by atoms with Crippen LogP contribution in [0.2, 0.25) is 0 Å². The molecular weight excluding hydrogens is 390 g/mol. The molecule has 0 aliphatic carbocycles. The first-order valence-corrected chi connectivity index (χ1v) is 10.9. The van der Waals surface area contributed by atoms with Gasteiger partial charge in [-0.1, -0.05) is 48.9 Å². The summed E-state index contributed by atoms with van der Waals surface area (Å²) in [6.07, 6.45) is 0. The first kappa shape index (κ1) is 21.1. The van der Waals surface area contributed by atoms with Gasteiger partial charge in [0, 0.05) is 26.2 Å². The molecule has 4 rings (SSSR count). The van der Waals surface area contributed by atoms with Gasteiger partial charge in [-0.05, 0) is 38.1 Å². The van der Waals surface area contributed by atoms with Gasteiger partial charge < -0.3 is 14.5 Å². The fourth-order valence-electron chi connectivity index (χ4n) is 4.22. The van der Waals surface area contributed by atoms with Crippen LogP contribution in [0, 0.1) is 6.92 Å². The minimum absolute atomic E-state index is 0.280. The van der Waals surface area contributed by atoms with Crippen LogP contribution in [0.5, 0.6) is 5.75 Å². The van der Waals surface area contributed by atoms with E-state index in [0.29, 0.717) is 29.3 Å². The number of benzene rings is 2. The highest BCUT2D eigenvalue weighted by molar-refractivity contribution is 6.45. The minimum atomic E-state index is -0.297. The van der Waals surface area contributed by atoms with Gasteiger partial charge >= 0.3 is 0 Å². The summed E-state index contributed by atoms with van der Waals surface area (Å²) < 4.78 is 5.73. The number of rotatable bonds is 6. The van der Waals surface area contributed by atoms with Crippen molar-refractivity contribution in [2.45, 2.75) is 20.8 Å². The summed E-state index contributed by atoms with van der Waals surface area (Å²) >= 11 is 0. The molecule has 2 aliphatic heterocycles. The Morgan fingerprint density at radius 2 is 1.55 bits per heavy atom. The average Bonchev–Trinajstić information content (AvgIpc) is 3.05. The number of amides is 2. The fraction of sp³-hybridized carbons (Fsp3) is 0.360. The minimum Gasteiger partial charge on any atom is -0.492 e. The SMILES string of the molecule is CCOc1ccccc1N1C(=O)C(c2ccc(C)cc2)=C(N2CCN(CC)CC2)C1=O. The zero-order chi connectivity index (χ0) is 22.0. The van der Waals surface area contributed by atoms with Crippen molar-refractivity contribution >= 4 is 23.1 Å². The summed E-state index contributed by atoms with van der Waals surface area (Å²) in [4.78, 5) is 33.1. The summed E-state index contributed by atoms with van der Waals surface area (Å²) in [5.41, 5.74) is 3.34. The van der Waals surface area contributed by atoms with Crippen LogP contribution in [0.25, 0.3) is 5.57 Å². The molecule has 1 fully saturated rings. The van der Waals surface area contributed by atoms with Crippen LogP contribution in [-0.4, -0.2) is 60.9 Å². The average molecular weight is 420 g/mol. The molecule has 0 unspecified atom stereocenters. The van der Waals surface area contributed by atoms with Crippen LogP contribution < -0.4 is 9.64 Å². The zero-order valence-electron chi connectivity index (χ0n) is 18.4. The molecule has 2 aromatic carbocycles. The molecule has 2 heterocycles. The third kappa shape index (κ3) is 3.95. The molecule has 0 N–H and O–H groups in total. The summed E-state index contributed by atoms with van der Waals surface area (Å²) in [7, 11) is 0. The molecule has 6 heteroatoms. The predicted octanol–water partition coefficient (Wildman–Crippen LogP) is 3.32. The summed E-state index contributed by atoms with van der Waals surface area (Å²) in [5, 5.41) is 0. The Hall–Kier alpha value is -3.12. The quantitative estimate of drug-likeness (QED) is 0.673. The van der Waals surface area contributed by atoms with Crippen molar-refractivity contribution in [3.05, 3.63) is 65.4 Å². The van der Waals surface area contributed by atoms with Crippen LogP contribution in [0.1, 0.15) is 25.0 Å². The van der Waals surface area contributed by atoms with Crippen LogP contribution in [0.3, 0.4) is 0 Å². The number of imide groups is 1. The molecule has 1 saturated heterocycles. The maximum Gasteiger partial charge on any atom is 0.282 e. The Bertz CT molecular complexity index is 1000. The molecule has 31 heavy (non-hydrogen) atoms. The van der Waals surface area contributed by atoms with E-state index in [1.807, 2.05) is 50.2 Å². The predicted molar refractivity (Wildman–Crippen MR) is 122 cm³/mol. The monoisotopic (exact) mass is 419 g/mol. The molecule has 6 nitrogen and oxygen atoms in total. The summed E-state index contributed by atoms with van der Waals surface area (Å²) in [5.74, 6) is -0.0430. The Labute approximate surface area is 183 Å². The molecule has 0 radical (unpaired) electrons. The van der Waals surface area contributed by atoms with Gasteiger partial charge in [-0.3, -0.25) is 9.59 Å². The van der Waals surface area contributed by atoms with Crippen molar-refractivity contribution in [2.24, 2.45) is 0 Å². The van der Waals surface area contributed by atoms with E-state index in [2.05, 4.69) is 16.7 Å². The smallest absolute Gasteiger partial charge is 0.282 e. The molecule has 2 aromatic rings. The second-order valence-corrected chi connectivity index (χ2v) is 7.86. The highest BCUT2D eigenvalue weighted by atomic mass is 16.5. The molecule has 0 atom stereocenters. The van der Waals surface area contributed by atoms with E-state index in [4.69, 9.17) is 4.74 Å². The maximum atomic E-state index is 13.7. The Morgan fingerprint density at radius 3 is 2.19 bits per heavy atom. The van der Waals surface area contributed by atoms with Crippen LogP contribution in [0.15, 0.2) is 54.2 Å². The number of piperazine rings is 1. The first-order valence-electron chi connectivity index (χ1n) is 10.9. The molecule has 0 saturated carbocycles. The number of anilines is 1. The van der Waals surface area contributed by atoms with Gasteiger partial charge in [-0.25, -0.2) is 4.90 Å². The van der Waals surface area contributed by atoms with Gasteiger partial charge in [-0.15, -0.1) is 0 Å². The molecule has 162 valence electrons. The number of aryl methyl sites for hydroxylation is 1. The van der Waals surface area contributed by atoms with E-state index < -0.39 is 0 Å². The highest BCUT2D eigenvalue weighted by Crippen LogP contribution is 2.38. The fourth-order valence-corrected chi connectivity index (χ4v) is 4.22. The second-order valence-electron chi connectivity index (χ2n) is 7.86. The lowest BCUT2D eigenvalue weighted by molar-refractivity contribution is -0.120. The first-order chi connectivity index (χ1) is 15.0. The van der Waals surface area contributed by atoms with Crippen molar-refractivity contribution in [2.75, 3.05) is 44.2 Å². The molecule has 0 bridgehead atoms. The van der Waals surface area contributed by atoms with Crippen LogP contribution in [0.4, 0.5) is 5.69 Å². The Kier molecular flexibility index (Phi) is 6.09. The van der Waals surface area contributed by atoms with Crippen molar-refractivity contribution in [3.8, 4) is 5.75 Å². The lowest BCUT2D eigenvalue weighted by Crippen LogP contribution is -2.47. The second kappa shape index (κ2) is 8.94. The number of hydrogen-bond donors (Lipinski definition) is 0. The number of carbonyl (C=O) groups excluding carboxylic acids is 2. The van der Waals surface area contributed by atoms with E-state index in [1.165, 1.54) is 4.90 Å². The van der Waals surface area contributed by atoms with Gasteiger partial charge in [0.25, 0.3) is 11.8 Å². The van der Waals surface area contributed by atoms with E-state index in [9.17, 15) is 9.59 Å². The lowest BCUT2D eigenvalue weighted by atomic mass is 10.0. The van der Waals surface area contributed by atoms with E-state index in [0.717, 1.165) is 43.9 Å². The summed E-state index contributed by atoms with van der Waals surface area (Å²) in [6.45, 7) is 10.7. The van der Waals surface area contributed by atoms with Gasteiger partial charge in [0.1, 0.15) is 11.4 Å². The maximum absolute atomic E-state index is 13.7. The zero-order valence-corrected chi connectivity index (χ0v) is 18.4. The van der Waals surface area contributed by atoms with E-state index >= 15 is 0 Å². The standard InChI is InChI=1S/C25H29N3O3/c1-4-26-14-16-27(17-15-26)23-22(19-12-10-18(3)11-13-19)24(29)28(25(23)30)20-8-6-7-9-21(20)31-5-2/h6-13H,4-5,14-17H2,1-3H3. The van der Waals surface area contributed by atoms with E-state index in [1.54, 1.807) is 12.1 Å². The lowest BCUT2D eigenvalue weighted by Gasteiger charge is -2.36. The molecular formula is C25H29N3O3. The third-order valence-electron chi connectivity index (χ3n) is 5.94. The number of hydrogen-bond acceptors (Lipinski definition) is 5. The van der Waals surface area contributed by atoms with Gasteiger partial charge in [0.2, 0.25) is 0 Å². The molecule has 2 amide bonds. The summed E-state index contributed by atoms with van der Waals surface area (Å²) in [6, 6.07) is 15.0. The highest BCUT2D eigenvalue weighted by Gasteiger charge is 2.43. The van der Waals surface area contributed by atoms with Gasteiger partial charge in [0.15, 0.2) is 0 Å². The Morgan fingerprint density at radius 1 is 0.871 bits per heavy atom. The van der Waals surface area contributed by atoms with Crippen LogP contribution >= 0.6 is 0 Å². The molecule has 0 aromatic heterocycles. The normalized spacial score (nSPS) is 17.6. The van der Waals surface area contributed by atoms with Gasteiger partial charge in [0.05, 0.1) is 17.9 Å². The van der Waals surface area contributed by atoms with Crippen molar-refractivity contribution < 1.29 is 14.3 Å². The number of likely N-dealkylation sites (N-methyl/N-ethyl adjacent to an activating group) is 1. The Balaban J connectivity index is 1.79. The number of ether oxygens (including phenoxy) is 1. The topological polar surface area (TPSA) is 53.1 Å². The van der Waals surface area contributed by atoms with Crippen molar-refractivity contribution in [1.82, 2.24) is 9.80 Å². The van der Waals surface area contributed by atoms with Crippen LogP contribution in [-0.2, 0) is 9.59 Å². The van der Waals surface area contributed by atoms with Gasteiger partial charge in [-0.2, -0.15) is 0 Å².